The lowest BCUT2D eigenvalue weighted by atomic mass is 9.86. The average molecular weight is 486 g/mol. The van der Waals surface area contributed by atoms with Crippen LogP contribution in [-0.4, -0.2) is 40.7 Å². The predicted molar refractivity (Wildman–Crippen MR) is 135 cm³/mol. The number of nitrogens with zero attached hydrogens (tertiary/aromatic N) is 3. The number of aromatic nitrogens is 4. The second-order valence-electron chi connectivity index (χ2n) is 9.52. The molecule has 0 bridgehead atoms. The maximum absolute atomic E-state index is 13.4. The number of hydrogen-bond acceptors (Lipinski definition) is 5. The van der Waals surface area contributed by atoms with E-state index in [2.05, 4.69) is 15.2 Å². The van der Waals surface area contributed by atoms with Crippen molar-refractivity contribution in [2.24, 2.45) is 0 Å². The fourth-order valence-electron chi connectivity index (χ4n) is 4.77. The second kappa shape index (κ2) is 7.26. The van der Waals surface area contributed by atoms with Crippen molar-refractivity contribution in [1.29, 1.82) is 0 Å². The summed E-state index contributed by atoms with van der Waals surface area (Å²) in [7, 11) is -3.28. The Kier molecular flexibility index (Phi) is 4.47. The molecule has 1 amide bonds. The Morgan fingerprint density at radius 3 is 2.49 bits per heavy atom. The molecule has 0 atom stereocenters. The van der Waals surface area contributed by atoms with E-state index in [-0.39, 0.29) is 10.8 Å². The molecule has 0 spiro atoms. The lowest BCUT2D eigenvalue weighted by molar-refractivity contribution is -0.122. The highest BCUT2D eigenvalue weighted by Crippen LogP contribution is 2.44. The summed E-state index contributed by atoms with van der Waals surface area (Å²) in [4.78, 5) is 23.6. The molecule has 0 fully saturated rings. The molecular weight excluding hydrogens is 462 g/mol. The Hall–Kier alpha value is -3.98. The number of imidazole rings is 1. The molecule has 1 aliphatic rings. The summed E-state index contributed by atoms with van der Waals surface area (Å²) in [6.45, 7) is 4.18. The third-order valence-electron chi connectivity index (χ3n) is 6.73. The summed E-state index contributed by atoms with van der Waals surface area (Å²) in [6, 6.07) is 18.5. The van der Waals surface area contributed by atoms with Gasteiger partial charge in [0.25, 0.3) is 0 Å². The number of H-pyrrole nitrogens is 2. The molecular formula is C26H23N5O3S. The van der Waals surface area contributed by atoms with Crippen LogP contribution in [0.5, 0.6) is 0 Å². The maximum atomic E-state index is 13.4. The van der Waals surface area contributed by atoms with E-state index in [1.54, 1.807) is 29.2 Å². The Morgan fingerprint density at radius 1 is 1.00 bits per heavy atom. The number of amides is 1. The van der Waals surface area contributed by atoms with Crippen molar-refractivity contribution in [1.82, 2.24) is 20.2 Å². The van der Waals surface area contributed by atoms with Gasteiger partial charge in [-0.05, 0) is 55.3 Å². The van der Waals surface area contributed by atoms with Crippen molar-refractivity contribution in [2.45, 2.75) is 30.7 Å². The van der Waals surface area contributed by atoms with Gasteiger partial charge in [-0.15, -0.1) is 0 Å². The Labute approximate surface area is 201 Å². The van der Waals surface area contributed by atoms with E-state index in [0.717, 1.165) is 44.4 Å². The molecule has 176 valence electrons. The van der Waals surface area contributed by atoms with Crippen LogP contribution in [0.2, 0.25) is 0 Å². The molecule has 2 N–H and O–H groups in total. The van der Waals surface area contributed by atoms with Crippen molar-refractivity contribution in [2.75, 3.05) is 11.2 Å². The van der Waals surface area contributed by atoms with E-state index in [1.165, 1.54) is 6.26 Å². The lowest BCUT2D eigenvalue weighted by Gasteiger charge is -2.20. The molecule has 2 aromatic heterocycles. The second-order valence-corrected chi connectivity index (χ2v) is 11.5. The summed E-state index contributed by atoms with van der Waals surface area (Å²) < 4.78 is 23.6. The van der Waals surface area contributed by atoms with E-state index < -0.39 is 15.3 Å². The zero-order valence-electron chi connectivity index (χ0n) is 19.5. The smallest absolute Gasteiger partial charge is 0.237 e. The number of benzene rings is 3. The van der Waals surface area contributed by atoms with Crippen molar-refractivity contribution in [3.05, 3.63) is 71.8 Å². The van der Waals surface area contributed by atoms with Crippen LogP contribution in [0.1, 0.15) is 25.0 Å². The zero-order valence-corrected chi connectivity index (χ0v) is 20.3. The number of fused-ring (bicyclic) bond motifs is 3. The van der Waals surface area contributed by atoms with Gasteiger partial charge in [0, 0.05) is 11.6 Å². The van der Waals surface area contributed by atoms with Crippen LogP contribution in [0.15, 0.2) is 65.6 Å². The summed E-state index contributed by atoms with van der Waals surface area (Å²) in [6.07, 6.45) is 1.18. The molecule has 0 saturated heterocycles. The fourth-order valence-corrected chi connectivity index (χ4v) is 5.40. The van der Waals surface area contributed by atoms with Crippen LogP contribution in [0.4, 0.5) is 5.69 Å². The number of rotatable bonds is 4. The Bertz CT molecular complexity index is 1750. The van der Waals surface area contributed by atoms with Gasteiger partial charge in [0.05, 0.1) is 39.1 Å². The van der Waals surface area contributed by atoms with E-state index in [4.69, 9.17) is 4.98 Å². The lowest BCUT2D eigenvalue weighted by Crippen LogP contribution is -2.35. The van der Waals surface area contributed by atoms with Gasteiger partial charge in [0.1, 0.15) is 5.69 Å². The molecule has 1 aliphatic heterocycles. The molecule has 5 aromatic rings. The predicted octanol–water partition coefficient (Wildman–Crippen LogP) is 4.33. The van der Waals surface area contributed by atoms with Crippen molar-refractivity contribution >= 4 is 43.4 Å². The summed E-state index contributed by atoms with van der Waals surface area (Å²) in [5, 5.41) is 8.47. The van der Waals surface area contributed by atoms with Gasteiger partial charge in [-0.3, -0.25) is 9.89 Å². The van der Waals surface area contributed by atoms with Gasteiger partial charge in [0.2, 0.25) is 5.91 Å². The van der Waals surface area contributed by atoms with Crippen LogP contribution in [-0.2, 0) is 26.6 Å². The van der Waals surface area contributed by atoms with Crippen LogP contribution < -0.4 is 4.90 Å². The molecule has 3 heterocycles. The highest BCUT2D eigenvalue weighted by Gasteiger charge is 2.44. The van der Waals surface area contributed by atoms with Gasteiger partial charge in [-0.2, -0.15) is 5.10 Å². The third-order valence-corrected chi connectivity index (χ3v) is 7.86. The standard InChI is InChI=1S/C26H23N5O3S/c1-26(2)18-12-20-21(28-24(27-20)23-17-6-4-5-7-19(17)29-30-23)13-22(18)31(25(26)32)14-15-8-10-16(11-9-15)35(3,33)34/h4-13H,14H2,1-3H3,(H,27,28)(H,29,30). The summed E-state index contributed by atoms with van der Waals surface area (Å²) >= 11 is 0. The highest BCUT2D eigenvalue weighted by atomic mass is 32.2. The van der Waals surface area contributed by atoms with Gasteiger partial charge >= 0.3 is 0 Å². The first kappa shape index (κ1) is 21.5. The highest BCUT2D eigenvalue weighted by molar-refractivity contribution is 7.90. The Balaban J connectivity index is 1.42. The molecule has 0 saturated carbocycles. The monoisotopic (exact) mass is 485 g/mol. The summed E-state index contributed by atoms with van der Waals surface area (Å²) in [5.41, 5.74) is 5.13. The largest absolute Gasteiger partial charge is 0.337 e. The SMILES string of the molecule is CC1(C)C(=O)N(Cc2ccc(S(C)(=O)=O)cc2)c2cc3[nH]c(-c4n[nH]c5ccccc45)nc3cc21. The number of carbonyl (C=O) groups excluding carboxylic acids is 1. The van der Waals surface area contributed by atoms with Crippen LogP contribution in [0, 0.1) is 0 Å². The molecule has 3 aromatic carbocycles. The van der Waals surface area contributed by atoms with Gasteiger partial charge in [0.15, 0.2) is 15.7 Å². The van der Waals surface area contributed by atoms with Gasteiger partial charge < -0.3 is 9.88 Å². The number of para-hydroxylation sites is 1. The molecule has 9 heteroatoms. The zero-order chi connectivity index (χ0) is 24.5. The minimum atomic E-state index is -3.28. The summed E-state index contributed by atoms with van der Waals surface area (Å²) in [5.74, 6) is 0.652. The molecule has 35 heavy (non-hydrogen) atoms. The Morgan fingerprint density at radius 2 is 1.74 bits per heavy atom. The first-order valence-electron chi connectivity index (χ1n) is 11.2. The molecule has 0 radical (unpaired) electrons. The van der Waals surface area contributed by atoms with Crippen LogP contribution >= 0.6 is 0 Å². The fraction of sp³-hybridized carbons (Fsp3) is 0.192. The first-order chi connectivity index (χ1) is 16.6. The van der Waals surface area contributed by atoms with Crippen molar-refractivity contribution in [3.8, 4) is 11.5 Å². The normalized spacial score (nSPS) is 15.3. The molecule has 0 aliphatic carbocycles. The van der Waals surface area contributed by atoms with E-state index in [9.17, 15) is 13.2 Å². The van der Waals surface area contributed by atoms with E-state index in [0.29, 0.717) is 12.4 Å². The topological polar surface area (TPSA) is 112 Å². The van der Waals surface area contributed by atoms with Crippen molar-refractivity contribution in [3.63, 3.8) is 0 Å². The quantitative estimate of drug-likeness (QED) is 0.393. The van der Waals surface area contributed by atoms with E-state index in [1.807, 2.05) is 50.2 Å². The number of aromatic amines is 2. The first-order valence-corrected chi connectivity index (χ1v) is 13.1. The van der Waals surface area contributed by atoms with Gasteiger partial charge in [-0.25, -0.2) is 13.4 Å². The maximum Gasteiger partial charge on any atom is 0.237 e. The molecule has 8 nitrogen and oxygen atoms in total. The number of carbonyl (C=O) groups is 1. The number of hydrogen-bond donors (Lipinski definition) is 2. The van der Waals surface area contributed by atoms with Crippen LogP contribution in [0.25, 0.3) is 33.5 Å². The van der Waals surface area contributed by atoms with Crippen LogP contribution in [0.3, 0.4) is 0 Å². The van der Waals surface area contributed by atoms with Crippen molar-refractivity contribution < 1.29 is 13.2 Å². The minimum Gasteiger partial charge on any atom is -0.337 e. The van der Waals surface area contributed by atoms with Gasteiger partial charge in [-0.1, -0.05) is 30.3 Å². The minimum absolute atomic E-state index is 0.00846. The number of sulfone groups is 1. The average Bonchev–Trinajstić information content (AvgIpc) is 3.48. The molecule has 0 unspecified atom stereocenters. The third kappa shape index (κ3) is 3.34. The molecule has 6 rings (SSSR count). The number of nitrogens with one attached hydrogen (secondary N) is 2. The number of anilines is 1. The van der Waals surface area contributed by atoms with E-state index >= 15 is 0 Å².